The molecule has 0 heterocycles. The van der Waals surface area contributed by atoms with Gasteiger partial charge in [-0.15, -0.1) is 12.4 Å². The Labute approximate surface area is 114 Å². The highest BCUT2D eigenvalue weighted by Crippen LogP contribution is 2.38. The minimum absolute atomic E-state index is 0. The van der Waals surface area contributed by atoms with Crippen LogP contribution in [-0.2, 0) is 0 Å². The van der Waals surface area contributed by atoms with Crippen molar-refractivity contribution in [2.45, 2.75) is 12.5 Å². The fraction of sp³-hybridized carbons (Fsp3) is 0.500. The van der Waals surface area contributed by atoms with E-state index in [-0.39, 0.29) is 18.4 Å². The highest BCUT2D eigenvalue weighted by atomic mass is 35.5. The van der Waals surface area contributed by atoms with Crippen LogP contribution in [0.15, 0.2) is 12.1 Å². The number of methoxy groups -OCH3 is 3. The Hall–Kier alpha value is -1.17. The van der Waals surface area contributed by atoms with Gasteiger partial charge < -0.3 is 25.7 Å². The van der Waals surface area contributed by atoms with Crippen LogP contribution in [0.3, 0.4) is 0 Å². The van der Waals surface area contributed by atoms with Crippen molar-refractivity contribution < 1.29 is 14.2 Å². The highest BCUT2D eigenvalue weighted by Gasteiger charge is 2.18. The number of benzene rings is 1. The van der Waals surface area contributed by atoms with Gasteiger partial charge >= 0.3 is 0 Å². The van der Waals surface area contributed by atoms with Gasteiger partial charge in [-0.3, -0.25) is 0 Å². The minimum Gasteiger partial charge on any atom is -0.496 e. The van der Waals surface area contributed by atoms with Crippen molar-refractivity contribution in [2.75, 3.05) is 27.9 Å². The second-order valence-electron chi connectivity index (χ2n) is 3.63. The quantitative estimate of drug-likeness (QED) is 0.823. The van der Waals surface area contributed by atoms with Crippen LogP contribution in [0, 0.1) is 0 Å². The third-order valence-corrected chi connectivity index (χ3v) is 2.60. The van der Waals surface area contributed by atoms with Gasteiger partial charge in [0.15, 0.2) is 0 Å². The molecule has 1 atom stereocenters. The maximum Gasteiger partial charge on any atom is 0.131 e. The van der Waals surface area contributed by atoms with Gasteiger partial charge in [-0.05, 0) is 13.0 Å². The first-order valence-electron chi connectivity index (χ1n) is 5.43. The van der Waals surface area contributed by atoms with Crippen molar-refractivity contribution in [2.24, 2.45) is 11.5 Å². The van der Waals surface area contributed by atoms with E-state index in [0.29, 0.717) is 30.2 Å². The molecule has 0 unspecified atom stereocenters. The summed E-state index contributed by atoms with van der Waals surface area (Å²) in [5.41, 5.74) is 12.4. The molecule has 0 spiro atoms. The molecule has 1 rings (SSSR count). The Bertz CT molecular complexity index is 349. The first kappa shape index (κ1) is 16.8. The van der Waals surface area contributed by atoms with E-state index < -0.39 is 0 Å². The molecule has 4 N–H and O–H groups in total. The molecule has 18 heavy (non-hydrogen) atoms. The van der Waals surface area contributed by atoms with Gasteiger partial charge in [0.25, 0.3) is 0 Å². The van der Waals surface area contributed by atoms with Crippen molar-refractivity contribution >= 4 is 12.4 Å². The maximum absolute atomic E-state index is 6.07. The van der Waals surface area contributed by atoms with Crippen LogP contribution < -0.4 is 25.7 Å². The number of halogens is 1. The molecule has 0 saturated heterocycles. The van der Waals surface area contributed by atoms with Crippen molar-refractivity contribution in [1.29, 1.82) is 0 Å². The molecule has 0 aliphatic heterocycles. The average Bonchev–Trinajstić information content (AvgIpc) is 2.37. The predicted octanol–water partition coefficient (Wildman–Crippen LogP) is 1.48. The Kier molecular flexibility index (Phi) is 7.50. The molecule has 0 bridgehead atoms. The lowest BCUT2D eigenvalue weighted by Gasteiger charge is -2.19. The lowest BCUT2D eigenvalue weighted by Crippen LogP contribution is -2.17. The second-order valence-corrected chi connectivity index (χ2v) is 3.63. The lowest BCUT2D eigenvalue weighted by atomic mass is 10.0. The average molecular weight is 277 g/mol. The van der Waals surface area contributed by atoms with E-state index in [0.717, 1.165) is 5.56 Å². The van der Waals surface area contributed by atoms with E-state index in [4.69, 9.17) is 25.7 Å². The molecule has 0 aliphatic carbocycles. The third kappa shape index (κ3) is 3.66. The first-order chi connectivity index (χ1) is 8.17. The topological polar surface area (TPSA) is 79.7 Å². The minimum atomic E-state index is -0.212. The smallest absolute Gasteiger partial charge is 0.131 e. The summed E-state index contributed by atoms with van der Waals surface area (Å²) < 4.78 is 15.8. The van der Waals surface area contributed by atoms with Gasteiger partial charge in [-0.25, -0.2) is 0 Å². The van der Waals surface area contributed by atoms with Crippen LogP contribution in [0.25, 0.3) is 0 Å². The van der Waals surface area contributed by atoms with Crippen LogP contribution in [0.2, 0.25) is 0 Å². The molecule has 104 valence electrons. The lowest BCUT2D eigenvalue weighted by molar-refractivity contribution is 0.363. The van der Waals surface area contributed by atoms with Crippen LogP contribution in [0.1, 0.15) is 18.0 Å². The summed E-state index contributed by atoms with van der Waals surface area (Å²) in [6.07, 6.45) is 0.666. The third-order valence-electron chi connectivity index (χ3n) is 2.60. The number of hydrogen-bond donors (Lipinski definition) is 2. The zero-order chi connectivity index (χ0) is 12.8. The van der Waals surface area contributed by atoms with E-state index in [1.165, 1.54) is 0 Å². The summed E-state index contributed by atoms with van der Waals surface area (Å²) in [5, 5.41) is 0. The molecule has 0 amide bonds. The van der Waals surface area contributed by atoms with E-state index in [9.17, 15) is 0 Å². The summed E-state index contributed by atoms with van der Waals surface area (Å²) >= 11 is 0. The molecule has 6 heteroatoms. The molecule has 0 fully saturated rings. The summed E-state index contributed by atoms with van der Waals surface area (Å²) in [7, 11) is 4.77. The van der Waals surface area contributed by atoms with Crippen molar-refractivity contribution in [3.05, 3.63) is 17.7 Å². The summed E-state index contributed by atoms with van der Waals surface area (Å²) in [4.78, 5) is 0. The number of nitrogens with two attached hydrogens (primary N) is 2. The van der Waals surface area contributed by atoms with E-state index in [2.05, 4.69) is 0 Å². The molecule has 0 aliphatic rings. The zero-order valence-corrected chi connectivity index (χ0v) is 11.8. The molecule has 0 aromatic heterocycles. The van der Waals surface area contributed by atoms with Crippen molar-refractivity contribution in [3.8, 4) is 17.2 Å². The van der Waals surface area contributed by atoms with Crippen LogP contribution in [0.5, 0.6) is 17.2 Å². The number of hydrogen-bond acceptors (Lipinski definition) is 5. The monoisotopic (exact) mass is 276 g/mol. The van der Waals surface area contributed by atoms with Gasteiger partial charge in [-0.2, -0.15) is 0 Å². The van der Waals surface area contributed by atoms with E-state index in [1.54, 1.807) is 33.5 Å². The standard InChI is InChI=1S/C12H20N2O3.ClH/c1-15-8-6-10(16-2)12(9(14)4-5-13)11(7-8)17-3;/h6-7,9H,4-5,13-14H2,1-3H3;1H/t9-;/m0./s1. The predicted molar refractivity (Wildman–Crippen MR) is 73.9 cm³/mol. The Morgan fingerprint density at radius 3 is 1.89 bits per heavy atom. The van der Waals surface area contributed by atoms with E-state index >= 15 is 0 Å². The fourth-order valence-corrected chi connectivity index (χ4v) is 1.72. The van der Waals surface area contributed by atoms with E-state index in [1.807, 2.05) is 0 Å². The maximum atomic E-state index is 6.07. The second kappa shape index (κ2) is 8.02. The van der Waals surface area contributed by atoms with Gasteiger partial charge in [0.2, 0.25) is 0 Å². The SMILES string of the molecule is COc1cc(OC)c([C@@H](N)CCN)c(OC)c1.Cl. The first-order valence-corrected chi connectivity index (χ1v) is 5.43. The summed E-state index contributed by atoms with van der Waals surface area (Å²) in [5.74, 6) is 1.98. The van der Waals surface area contributed by atoms with Gasteiger partial charge in [0.1, 0.15) is 17.2 Å². The van der Waals surface area contributed by atoms with Crippen LogP contribution in [0.4, 0.5) is 0 Å². The summed E-state index contributed by atoms with van der Waals surface area (Å²) in [6, 6.07) is 3.36. The molecule has 0 radical (unpaired) electrons. The van der Waals surface area contributed by atoms with Crippen molar-refractivity contribution in [1.82, 2.24) is 0 Å². The summed E-state index contributed by atoms with van der Waals surface area (Å²) in [6.45, 7) is 0.513. The Morgan fingerprint density at radius 1 is 1.06 bits per heavy atom. The fourth-order valence-electron chi connectivity index (χ4n) is 1.72. The number of ether oxygens (including phenoxy) is 3. The zero-order valence-electron chi connectivity index (χ0n) is 10.9. The van der Waals surface area contributed by atoms with Gasteiger partial charge in [0.05, 0.1) is 26.9 Å². The van der Waals surface area contributed by atoms with Gasteiger partial charge in [0, 0.05) is 18.2 Å². The largest absolute Gasteiger partial charge is 0.496 e. The molecular weight excluding hydrogens is 256 g/mol. The molecule has 1 aromatic rings. The van der Waals surface area contributed by atoms with Crippen LogP contribution >= 0.6 is 12.4 Å². The Balaban J connectivity index is 0.00000289. The molecule has 1 aromatic carbocycles. The van der Waals surface area contributed by atoms with Crippen LogP contribution in [-0.4, -0.2) is 27.9 Å². The highest BCUT2D eigenvalue weighted by molar-refractivity contribution is 5.85. The van der Waals surface area contributed by atoms with Crippen molar-refractivity contribution in [3.63, 3.8) is 0 Å². The van der Waals surface area contributed by atoms with Gasteiger partial charge in [-0.1, -0.05) is 0 Å². The molecular formula is C12H21ClN2O3. The number of rotatable bonds is 6. The molecule has 0 saturated carbocycles. The normalized spacial score (nSPS) is 11.4. The molecule has 5 nitrogen and oxygen atoms in total. The Morgan fingerprint density at radius 2 is 1.56 bits per heavy atom.